The second-order valence-corrected chi connectivity index (χ2v) is 6.42. The smallest absolute Gasteiger partial charge is 0.0112 e. The third-order valence-electron chi connectivity index (χ3n) is 4.04. The average molecular weight is 212 g/mol. The summed E-state index contributed by atoms with van der Waals surface area (Å²) in [5.41, 5.74) is 6.31. The van der Waals surface area contributed by atoms with E-state index in [2.05, 4.69) is 39.6 Å². The van der Waals surface area contributed by atoms with Gasteiger partial charge in [0.2, 0.25) is 0 Å². The van der Waals surface area contributed by atoms with Crippen LogP contribution in [0.4, 0.5) is 0 Å². The molecule has 1 aliphatic carbocycles. The minimum Gasteiger partial charge on any atom is -0.328 e. The van der Waals surface area contributed by atoms with Crippen molar-refractivity contribution < 1.29 is 0 Å². The monoisotopic (exact) mass is 212 g/mol. The van der Waals surface area contributed by atoms with E-state index in [9.17, 15) is 0 Å². The zero-order chi connectivity index (χ0) is 11.6. The SMILES string of the molecule is CC(N(C)CC1CCC(N)C1)C(C)(C)C. The van der Waals surface area contributed by atoms with Gasteiger partial charge in [-0.15, -0.1) is 0 Å². The van der Waals surface area contributed by atoms with Crippen molar-refractivity contribution in [2.45, 2.75) is 59.0 Å². The van der Waals surface area contributed by atoms with Crippen molar-refractivity contribution in [1.29, 1.82) is 0 Å². The van der Waals surface area contributed by atoms with Crippen LogP contribution in [-0.2, 0) is 0 Å². The lowest BCUT2D eigenvalue weighted by atomic mass is 9.86. The normalized spacial score (nSPS) is 29.8. The van der Waals surface area contributed by atoms with Crippen molar-refractivity contribution in [1.82, 2.24) is 4.90 Å². The molecule has 3 unspecified atom stereocenters. The molecule has 90 valence electrons. The van der Waals surface area contributed by atoms with Crippen LogP contribution in [0.2, 0.25) is 0 Å². The van der Waals surface area contributed by atoms with Crippen LogP contribution in [0, 0.1) is 11.3 Å². The molecule has 0 amide bonds. The molecule has 0 spiro atoms. The van der Waals surface area contributed by atoms with Gasteiger partial charge in [-0.3, -0.25) is 0 Å². The van der Waals surface area contributed by atoms with Crippen molar-refractivity contribution in [2.24, 2.45) is 17.1 Å². The molecule has 0 bridgehead atoms. The Morgan fingerprint density at radius 1 is 1.33 bits per heavy atom. The Balaban J connectivity index is 2.38. The van der Waals surface area contributed by atoms with E-state index in [-0.39, 0.29) is 0 Å². The minimum atomic E-state index is 0.371. The molecule has 1 saturated carbocycles. The molecule has 15 heavy (non-hydrogen) atoms. The summed E-state index contributed by atoms with van der Waals surface area (Å²) in [6.07, 6.45) is 3.77. The first-order valence-electron chi connectivity index (χ1n) is 6.26. The first kappa shape index (κ1) is 13.0. The fraction of sp³-hybridized carbons (Fsp3) is 1.00. The van der Waals surface area contributed by atoms with Crippen molar-refractivity contribution in [3.8, 4) is 0 Å². The van der Waals surface area contributed by atoms with Gasteiger partial charge in [-0.2, -0.15) is 0 Å². The summed E-state index contributed by atoms with van der Waals surface area (Å²) in [4.78, 5) is 2.50. The lowest BCUT2D eigenvalue weighted by molar-refractivity contribution is 0.123. The molecule has 0 saturated heterocycles. The number of hydrogen-bond acceptors (Lipinski definition) is 2. The van der Waals surface area contributed by atoms with Crippen LogP contribution in [0.15, 0.2) is 0 Å². The molecule has 0 aromatic rings. The lowest BCUT2D eigenvalue weighted by Gasteiger charge is -2.36. The summed E-state index contributed by atoms with van der Waals surface area (Å²) in [5, 5.41) is 0. The van der Waals surface area contributed by atoms with Crippen molar-refractivity contribution in [3.63, 3.8) is 0 Å². The van der Waals surface area contributed by atoms with Gasteiger partial charge in [0.15, 0.2) is 0 Å². The van der Waals surface area contributed by atoms with Gasteiger partial charge in [0, 0.05) is 18.6 Å². The molecular weight excluding hydrogens is 184 g/mol. The van der Waals surface area contributed by atoms with Gasteiger partial charge in [0.1, 0.15) is 0 Å². The molecule has 0 heterocycles. The van der Waals surface area contributed by atoms with Crippen LogP contribution in [0.5, 0.6) is 0 Å². The van der Waals surface area contributed by atoms with E-state index in [4.69, 9.17) is 5.73 Å². The highest BCUT2D eigenvalue weighted by Crippen LogP contribution is 2.28. The summed E-state index contributed by atoms with van der Waals surface area (Å²) < 4.78 is 0. The Labute approximate surface area is 95.2 Å². The summed E-state index contributed by atoms with van der Waals surface area (Å²) in [7, 11) is 2.25. The fourth-order valence-electron chi connectivity index (χ4n) is 2.51. The number of nitrogens with zero attached hydrogens (tertiary/aromatic N) is 1. The van der Waals surface area contributed by atoms with Crippen LogP contribution in [0.3, 0.4) is 0 Å². The standard InChI is InChI=1S/C13H28N2/c1-10(13(2,3)4)15(5)9-11-6-7-12(14)8-11/h10-12H,6-9,14H2,1-5H3. The molecule has 0 aromatic heterocycles. The van der Waals surface area contributed by atoms with Gasteiger partial charge in [-0.1, -0.05) is 20.8 Å². The van der Waals surface area contributed by atoms with Crippen LogP contribution in [0.1, 0.15) is 47.0 Å². The Morgan fingerprint density at radius 3 is 2.33 bits per heavy atom. The van der Waals surface area contributed by atoms with Crippen molar-refractivity contribution in [3.05, 3.63) is 0 Å². The third kappa shape index (κ3) is 3.76. The number of hydrogen-bond donors (Lipinski definition) is 1. The predicted octanol–water partition coefficient (Wildman–Crippen LogP) is 2.48. The molecule has 1 aliphatic rings. The van der Waals surface area contributed by atoms with E-state index in [1.54, 1.807) is 0 Å². The molecule has 0 radical (unpaired) electrons. The zero-order valence-electron chi connectivity index (χ0n) is 11.1. The Bertz CT molecular complexity index is 195. The highest BCUT2D eigenvalue weighted by molar-refractivity contribution is 4.83. The van der Waals surface area contributed by atoms with E-state index in [0.29, 0.717) is 17.5 Å². The van der Waals surface area contributed by atoms with Gasteiger partial charge in [0.05, 0.1) is 0 Å². The second kappa shape index (κ2) is 4.84. The zero-order valence-corrected chi connectivity index (χ0v) is 11.1. The molecule has 2 nitrogen and oxygen atoms in total. The predicted molar refractivity (Wildman–Crippen MR) is 66.9 cm³/mol. The molecule has 2 heteroatoms. The van der Waals surface area contributed by atoms with E-state index in [1.807, 2.05) is 0 Å². The van der Waals surface area contributed by atoms with Crippen LogP contribution < -0.4 is 5.73 Å². The van der Waals surface area contributed by atoms with Gasteiger partial charge >= 0.3 is 0 Å². The summed E-state index contributed by atoms with van der Waals surface area (Å²) in [5.74, 6) is 0.829. The summed E-state index contributed by atoms with van der Waals surface area (Å²) >= 11 is 0. The molecule has 0 aliphatic heterocycles. The highest BCUT2D eigenvalue weighted by atomic mass is 15.1. The quantitative estimate of drug-likeness (QED) is 0.779. The van der Waals surface area contributed by atoms with Gasteiger partial charge in [-0.25, -0.2) is 0 Å². The molecule has 0 aromatic carbocycles. The maximum Gasteiger partial charge on any atom is 0.0112 e. The van der Waals surface area contributed by atoms with E-state index >= 15 is 0 Å². The molecule has 1 rings (SSSR count). The first-order valence-corrected chi connectivity index (χ1v) is 6.26. The Hall–Kier alpha value is -0.0800. The molecule has 3 atom stereocenters. The van der Waals surface area contributed by atoms with Crippen molar-refractivity contribution >= 4 is 0 Å². The van der Waals surface area contributed by atoms with Crippen LogP contribution >= 0.6 is 0 Å². The van der Waals surface area contributed by atoms with E-state index in [1.165, 1.54) is 25.8 Å². The summed E-state index contributed by atoms with van der Waals surface area (Å²) in [6, 6.07) is 1.10. The van der Waals surface area contributed by atoms with Crippen LogP contribution in [0.25, 0.3) is 0 Å². The second-order valence-electron chi connectivity index (χ2n) is 6.42. The Morgan fingerprint density at radius 2 is 1.93 bits per heavy atom. The van der Waals surface area contributed by atoms with E-state index < -0.39 is 0 Å². The molecular formula is C13H28N2. The highest BCUT2D eigenvalue weighted by Gasteiger charge is 2.28. The summed E-state index contributed by atoms with van der Waals surface area (Å²) in [6.45, 7) is 10.5. The topological polar surface area (TPSA) is 29.3 Å². The van der Waals surface area contributed by atoms with Gasteiger partial charge in [-0.05, 0) is 44.6 Å². The Kier molecular flexibility index (Phi) is 4.19. The number of rotatable bonds is 3. The molecule has 1 fully saturated rings. The first-order chi connectivity index (χ1) is 6.80. The molecule has 2 N–H and O–H groups in total. The van der Waals surface area contributed by atoms with Crippen LogP contribution in [-0.4, -0.2) is 30.6 Å². The fourth-order valence-corrected chi connectivity index (χ4v) is 2.51. The minimum absolute atomic E-state index is 0.371. The van der Waals surface area contributed by atoms with Crippen molar-refractivity contribution in [2.75, 3.05) is 13.6 Å². The third-order valence-corrected chi connectivity index (χ3v) is 4.04. The average Bonchev–Trinajstić information content (AvgIpc) is 2.48. The largest absolute Gasteiger partial charge is 0.328 e. The number of nitrogens with two attached hydrogens (primary N) is 1. The maximum atomic E-state index is 5.94. The van der Waals surface area contributed by atoms with Gasteiger partial charge in [0.25, 0.3) is 0 Å². The van der Waals surface area contributed by atoms with Gasteiger partial charge < -0.3 is 10.6 Å². The van der Waals surface area contributed by atoms with E-state index in [0.717, 1.165) is 5.92 Å². The maximum absolute atomic E-state index is 5.94. The lowest BCUT2D eigenvalue weighted by Crippen LogP contribution is -2.41.